The van der Waals surface area contributed by atoms with Gasteiger partial charge < -0.3 is 24.9 Å². The fourth-order valence-electron chi connectivity index (χ4n) is 2.61. The van der Waals surface area contributed by atoms with Crippen LogP contribution in [0.1, 0.15) is 0 Å². The molecule has 1 aromatic rings. The molecule has 2 aliphatic rings. The lowest BCUT2D eigenvalue weighted by Crippen LogP contribution is -2.50. The number of aromatic nitrogens is 2. The summed E-state index contributed by atoms with van der Waals surface area (Å²) in [5.41, 5.74) is 0. The van der Waals surface area contributed by atoms with Crippen LogP contribution in [0.15, 0.2) is 6.20 Å². The summed E-state index contributed by atoms with van der Waals surface area (Å²) in [6, 6.07) is 0.274. The monoisotopic (exact) mass is 297 g/mol. The average Bonchev–Trinajstić information content (AvgIpc) is 2.97. The van der Waals surface area contributed by atoms with Gasteiger partial charge in [-0.25, -0.2) is 4.79 Å². The molecule has 114 valence electrons. The molecule has 2 aliphatic heterocycles. The molecular weight excluding hydrogens is 282 g/mol. The van der Waals surface area contributed by atoms with E-state index in [4.69, 9.17) is 9.84 Å². The standard InChI is InChI=1S/C11H15N5O5/c17-11(18)14-3-1-13(2-4-14)5-8-6-15-7-9(16(19)20)12-10(15)21-8/h7-8H,1-6H2,(H,17,18)/t8-/m0/s1. The molecule has 1 N–H and O–H groups in total. The summed E-state index contributed by atoms with van der Waals surface area (Å²) in [5.74, 6) is -0.210. The Morgan fingerprint density at radius 2 is 2.19 bits per heavy atom. The summed E-state index contributed by atoms with van der Waals surface area (Å²) in [7, 11) is 0. The number of nitro groups is 1. The Morgan fingerprint density at radius 1 is 1.48 bits per heavy atom. The minimum absolute atomic E-state index is 0.107. The largest absolute Gasteiger partial charge is 0.465 e. The number of nitrogens with zero attached hydrogens (tertiary/aromatic N) is 5. The molecule has 1 fully saturated rings. The van der Waals surface area contributed by atoms with Crippen molar-refractivity contribution >= 4 is 11.9 Å². The summed E-state index contributed by atoms with van der Waals surface area (Å²) in [5, 5.41) is 19.5. The van der Waals surface area contributed by atoms with Crippen LogP contribution in [-0.2, 0) is 6.54 Å². The summed E-state index contributed by atoms with van der Waals surface area (Å²) in [4.78, 5) is 28.2. The van der Waals surface area contributed by atoms with Gasteiger partial charge in [-0.15, -0.1) is 0 Å². The average molecular weight is 297 g/mol. The van der Waals surface area contributed by atoms with Crippen LogP contribution in [0.25, 0.3) is 0 Å². The Hall–Kier alpha value is -2.36. The predicted octanol–water partition coefficient (Wildman–Crippen LogP) is -0.152. The number of carbonyl (C=O) groups is 1. The van der Waals surface area contributed by atoms with E-state index in [2.05, 4.69) is 9.88 Å². The highest BCUT2D eigenvalue weighted by atomic mass is 16.6. The number of rotatable bonds is 3. The lowest BCUT2D eigenvalue weighted by molar-refractivity contribution is -0.389. The number of piperazine rings is 1. The van der Waals surface area contributed by atoms with Gasteiger partial charge in [-0.3, -0.25) is 9.47 Å². The first kappa shape index (κ1) is 13.6. The van der Waals surface area contributed by atoms with Gasteiger partial charge in [-0.2, -0.15) is 0 Å². The molecule has 0 spiro atoms. The molecule has 21 heavy (non-hydrogen) atoms. The molecule has 0 radical (unpaired) electrons. The molecule has 1 atom stereocenters. The van der Waals surface area contributed by atoms with Gasteiger partial charge in [0.05, 0.1) is 6.54 Å². The normalized spacial score (nSPS) is 21.9. The third-order valence-electron chi connectivity index (χ3n) is 3.69. The van der Waals surface area contributed by atoms with Crippen LogP contribution in [-0.4, -0.2) is 74.3 Å². The predicted molar refractivity (Wildman–Crippen MR) is 69.3 cm³/mol. The molecule has 0 aromatic carbocycles. The summed E-state index contributed by atoms with van der Waals surface area (Å²) in [6.07, 6.45) is 0.376. The Labute approximate surface area is 119 Å². The zero-order valence-electron chi connectivity index (χ0n) is 11.2. The molecule has 1 amide bonds. The highest BCUT2D eigenvalue weighted by Crippen LogP contribution is 2.25. The zero-order valence-corrected chi connectivity index (χ0v) is 11.2. The van der Waals surface area contributed by atoms with Crippen molar-refractivity contribution in [3.8, 4) is 6.01 Å². The van der Waals surface area contributed by atoms with Gasteiger partial charge in [0, 0.05) is 37.7 Å². The number of amides is 1. The van der Waals surface area contributed by atoms with E-state index < -0.39 is 11.0 Å². The molecular formula is C11H15N5O5. The first-order valence-electron chi connectivity index (χ1n) is 6.61. The highest BCUT2D eigenvalue weighted by molar-refractivity contribution is 5.65. The minimum atomic E-state index is -0.890. The Morgan fingerprint density at radius 3 is 2.76 bits per heavy atom. The molecule has 0 aliphatic carbocycles. The van der Waals surface area contributed by atoms with Gasteiger partial charge >= 0.3 is 17.9 Å². The van der Waals surface area contributed by atoms with Gasteiger partial charge in [-0.1, -0.05) is 0 Å². The number of ether oxygens (including phenoxy) is 1. The summed E-state index contributed by atoms with van der Waals surface area (Å²) < 4.78 is 7.23. The number of hydrogen-bond donors (Lipinski definition) is 1. The zero-order chi connectivity index (χ0) is 15.0. The third kappa shape index (κ3) is 2.75. The van der Waals surface area contributed by atoms with Gasteiger partial charge in [0.15, 0.2) is 0 Å². The SMILES string of the molecule is O=C(O)N1CCN(C[C@H]2Cn3cc([N+](=O)[O-])nc3O2)CC1. The lowest BCUT2D eigenvalue weighted by atomic mass is 10.2. The van der Waals surface area contributed by atoms with Gasteiger partial charge in [0.2, 0.25) is 0 Å². The van der Waals surface area contributed by atoms with Crippen LogP contribution in [0, 0.1) is 10.1 Å². The summed E-state index contributed by atoms with van der Waals surface area (Å²) in [6.45, 7) is 3.47. The van der Waals surface area contributed by atoms with Crippen LogP contribution in [0.2, 0.25) is 0 Å². The van der Waals surface area contributed by atoms with Crippen LogP contribution >= 0.6 is 0 Å². The Kier molecular flexibility index (Phi) is 3.37. The number of fused-ring (bicyclic) bond motifs is 1. The van der Waals surface area contributed by atoms with Crippen molar-refractivity contribution in [2.45, 2.75) is 12.6 Å². The quantitative estimate of drug-likeness (QED) is 0.609. The van der Waals surface area contributed by atoms with Crippen molar-refractivity contribution in [3.05, 3.63) is 16.3 Å². The van der Waals surface area contributed by atoms with E-state index in [9.17, 15) is 14.9 Å². The van der Waals surface area contributed by atoms with E-state index >= 15 is 0 Å². The second-order valence-corrected chi connectivity index (χ2v) is 5.10. The topological polar surface area (TPSA) is 114 Å². The van der Waals surface area contributed by atoms with Crippen LogP contribution in [0.4, 0.5) is 10.6 Å². The van der Waals surface area contributed by atoms with E-state index in [0.717, 1.165) is 0 Å². The third-order valence-corrected chi connectivity index (χ3v) is 3.69. The molecule has 0 unspecified atom stereocenters. The second-order valence-electron chi connectivity index (χ2n) is 5.10. The van der Waals surface area contributed by atoms with Crippen molar-refractivity contribution in [3.63, 3.8) is 0 Å². The van der Waals surface area contributed by atoms with Crippen molar-refractivity contribution in [1.29, 1.82) is 0 Å². The minimum Gasteiger partial charge on any atom is -0.465 e. The van der Waals surface area contributed by atoms with Crippen LogP contribution < -0.4 is 4.74 Å². The molecule has 0 bridgehead atoms. The molecule has 0 saturated carbocycles. The van der Waals surface area contributed by atoms with Crippen molar-refractivity contribution < 1.29 is 19.6 Å². The molecule has 10 nitrogen and oxygen atoms in total. The van der Waals surface area contributed by atoms with Crippen molar-refractivity contribution in [1.82, 2.24) is 19.4 Å². The molecule has 3 rings (SSSR count). The van der Waals surface area contributed by atoms with E-state index in [1.54, 1.807) is 4.57 Å². The fraction of sp³-hybridized carbons (Fsp3) is 0.636. The van der Waals surface area contributed by atoms with E-state index in [-0.39, 0.29) is 17.9 Å². The number of hydrogen-bond acceptors (Lipinski definition) is 6. The van der Waals surface area contributed by atoms with Gasteiger partial charge in [-0.05, 0) is 4.92 Å². The molecule has 1 aromatic heterocycles. The molecule has 3 heterocycles. The first-order chi connectivity index (χ1) is 10.0. The summed E-state index contributed by atoms with van der Waals surface area (Å²) >= 11 is 0. The van der Waals surface area contributed by atoms with Crippen LogP contribution in [0.3, 0.4) is 0 Å². The van der Waals surface area contributed by atoms with Crippen LogP contribution in [0.5, 0.6) is 6.01 Å². The number of carboxylic acid groups (broad SMARTS) is 1. The maximum Gasteiger partial charge on any atom is 0.414 e. The Balaban J connectivity index is 1.51. The fourth-order valence-corrected chi connectivity index (χ4v) is 2.61. The molecule has 10 heteroatoms. The number of imidazole rings is 1. The maximum absolute atomic E-state index is 10.8. The Bertz CT molecular complexity index is 542. The van der Waals surface area contributed by atoms with Gasteiger partial charge in [0.1, 0.15) is 12.3 Å². The van der Waals surface area contributed by atoms with E-state index in [1.165, 1.54) is 11.1 Å². The second kappa shape index (κ2) is 5.20. The van der Waals surface area contributed by atoms with E-state index in [1.807, 2.05) is 0 Å². The van der Waals surface area contributed by atoms with Gasteiger partial charge in [0.25, 0.3) is 0 Å². The highest BCUT2D eigenvalue weighted by Gasteiger charge is 2.33. The van der Waals surface area contributed by atoms with Crippen molar-refractivity contribution in [2.75, 3.05) is 32.7 Å². The lowest BCUT2D eigenvalue weighted by Gasteiger charge is -2.33. The van der Waals surface area contributed by atoms with E-state index in [0.29, 0.717) is 39.3 Å². The first-order valence-corrected chi connectivity index (χ1v) is 6.61. The smallest absolute Gasteiger partial charge is 0.414 e. The maximum atomic E-state index is 10.8. The molecule has 1 saturated heterocycles. The van der Waals surface area contributed by atoms with Crippen molar-refractivity contribution in [2.24, 2.45) is 0 Å².